The van der Waals surface area contributed by atoms with Gasteiger partial charge in [0.2, 0.25) is 5.95 Å². The Balaban J connectivity index is 1.68. The van der Waals surface area contributed by atoms with E-state index in [0.29, 0.717) is 28.0 Å². The minimum Gasteiger partial charge on any atom is -0.496 e. The molecule has 7 heteroatoms. The first kappa shape index (κ1) is 20.2. The number of benzene rings is 3. The molecular weight excluding hydrogens is 424 g/mol. The number of nitrogens with one attached hydrogen (secondary N) is 2. The lowest BCUT2D eigenvalue weighted by Crippen LogP contribution is -2.31. The van der Waals surface area contributed by atoms with Crippen LogP contribution >= 0.6 is 11.6 Å². The number of carbonyl (C=O) groups excluding carboxylic acids is 1. The summed E-state index contributed by atoms with van der Waals surface area (Å²) in [7, 11) is 1.64. The lowest BCUT2D eigenvalue weighted by Gasteiger charge is -2.31. The maximum atomic E-state index is 13.6. The fourth-order valence-corrected chi connectivity index (χ4v) is 4.30. The fourth-order valence-electron chi connectivity index (χ4n) is 4.18. The SMILES string of the molecule is COc1ccccc1[C@@H]1C(C(=O)Nc2ccc(Cl)cc2)=C(C)Nc2nc3ccccc3n21. The van der Waals surface area contributed by atoms with Crippen LogP contribution in [0.2, 0.25) is 5.02 Å². The molecule has 32 heavy (non-hydrogen) atoms. The van der Waals surface area contributed by atoms with Crippen LogP contribution in [0.4, 0.5) is 11.6 Å². The van der Waals surface area contributed by atoms with Crippen molar-refractivity contribution in [1.29, 1.82) is 0 Å². The summed E-state index contributed by atoms with van der Waals surface area (Å²) in [6.07, 6.45) is 0. The first-order valence-electron chi connectivity index (χ1n) is 10.2. The molecule has 0 spiro atoms. The van der Waals surface area contributed by atoms with Gasteiger partial charge in [-0.25, -0.2) is 4.98 Å². The van der Waals surface area contributed by atoms with Crippen LogP contribution < -0.4 is 15.4 Å². The summed E-state index contributed by atoms with van der Waals surface area (Å²) in [4.78, 5) is 18.4. The van der Waals surface area contributed by atoms with Gasteiger partial charge in [0.25, 0.3) is 5.91 Å². The molecule has 160 valence electrons. The molecule has 1 atom stereocenters. The summed E-state index contributed by atoms with van der Waals surface area (Å²) in [6, 6.07) is 22.3. The number of hydrogen-bond donors (Lipinski definition) is 2. The van der Waals surface area contributed by atoms with Gasteiger partial charge in [-0.05, 0) is 49.4 Å². The molecule has 4 aromatic rings. The van der Waals surface area contributed by atoms with Gasteiger partial charge in [0.15, 0.2) is 0 Å². The second-order valence-electron chi connectivity index (χ2n) is 7.56. The van der Waals surface area contributed by atoms with E-state index in [0.717, 1.165) is 22.3 Å². The van der Waals surface area contributed by atoms with Crippen molar-refractivity contribution >= 4 is 40.2 Å². The molecule has 1 aliphatic rings. The molecule has 1 amide bonds. The molecule has 0 aliphatic carbocycles. The first-order chi connectivity index (χ1) is 15.6. The van der Waals surface area contributed by atoms with Gasteiger partial charge in [-0.15, -0.1) is 0 Å². The van der Waals surface area contributed by atoms with Crippen molar-refractivity contribution in [3.05, 3.63) is 94.7 Å². The van der Waals surface area contributed by atoms with Crippen LogP contribution in [0.1, 0.15) is 18.5 Å². The van der Waals surface area contributed by atoms with Crippen molar-refractivity contribution in [2.45, 2.75) is 13.0 Å². The summed E-state index contributed by atoms with van der Waals surface area (Å²) in [6.45, 7) is 1.89. The molecule has 3 aromatic carbocycles. The molecule has 0 saturated carbocycles. The third kappa shape index (κ3) is 3.39. The van der Waals surface area contributed by atoms with Crippen molar-refractivity contribution in [3.8, 4) is 5.75 Å². The number of halogens is 1. The van der Waals surface area contributed by atoms with Gasteiger partial charge in [0.1, 0.15) is 5.75 Å². The number of methoxy groups -OCH3 is 1. The number of aromatic nitrogens is 2. The van der Waals surface area contributed by atoms with Gasteiger partial charge < -0.3 is 15.4 Å². The summed E-state index contributed by atoms with van der Waals surface area (Å²) >= 11 is 6.00. The van der Waals surface area contributed by atoms with Crippen molar-refractivity contribution in [2.24, 2.45) is 0 Å². The van der Waals surface area contributed by atoms with E-state index in [1.54, 1.807) is 31.4 Å². The fraction of sp³-hybridized carbons (Fsp3) is 0.120. The average molecular weight is 445 g/mol. The molecule has 5 rings (SSSR count). The van der Waals surface area contributed by atoms with Gasteiger partial charge in [-0.3, -0.25) is 9.36 Å². The van der Waals surface area contributed by atoms with E-state index in [2.05, 4.69) is 15.2 Å². The van der Waals surface area contributed by atoms with E-state index in [1.807, 2.05) is 55.5 Å². The van der Waals surface area contributed by atoms with Crippen LogP contribution in [-0.2, 0) is 4.79 Å². The number of amides is 1. The van der Waals surface area contributed by atoms with Gasteiger partial charge >= 0.3 is 0 Å². The molecule has 2 N–H and O–H groups in total. The topological polar surface area (TPSA) is 68.2 Å². The number of nitrogens with zero attached hydrogens (tertiary/aromatic N) is 2. The third-order valence-corrected chi connectivity index (χ3v) is 5.86. The van der Waals surface area contributed by atoms with E-state index < -0.39 is 6.04 Å². The van der Waals surface area contributed by atoms with Crippen molar-refractivity contribution in [1.82, 2.24) is 9.55 Å². The average Bonchev–Trinajstić information content (AvgIpc) is 3.17. The molecule has 2 heterocycles. The van der Waals surface area contributed by atoms with Gasteiger partial charge in [-0.2, -0.15) is 0 Å². The highest BCUT2D eigenvalue weighted by atomic mass is 35.5. The summed E-state index contributed by atoms with van der Waals surface area (Å²) in [5, 5.41) is 6.94. The molecule has 0 radical (unpaired) electrons. The smallest absolute Gasteiger partial charge is 0.255 e. The van der Waals surface area contributed by atoms with Crippen LogP contribution in [0.15, 0.2) is 84.1 Å². The Morgan fingerprint density at radius 3 is 2.56 bits per heavy atom. The van der Waals surface area contributed by atoms with E-state index in [1.165, 1.54) is 0 Å². The number of hydrogen-bond acceptors (Lipinski definition) is 4. The minimum absolute atomic E-state index is 0.211. The molecular formula is C25H21ClN4O2. The number of rotatable bonds is 4. The maximum Gasteiger partial charge on any atom is 0.255 e. The number of para-hydroxylation sites is 3. The molecule has 0 bridgehead atoms. The Morgan fingerprint density at radius 1 is 1.06 bits per heavy atom. The summed E-state index contributed by atoms with van der Waals surface area (Å²) < 4.78 is 7.73. The monoisotopic (exact) mass is 444 g/mol. The number of imidazole rings is 1. The lowest BCUT2D eigenvalue weighted by molar-refractivity contribution is -0.113. The molecule has 1 aromatic heterocycles. The first-order valence-corrected chi connectivity index (χ1v) is 10.6. The van der Waals surface area contributed by atoms with Crippen LogP contribution in [0.25, 0.3) is 11.0 Å². The number of anilines is 2. The number of allylic oxidation sites excluding steroid dienone is 1. The maximum absolute atomic E-state index is 13.6. The third-order valence-electron chi connectivity index (χ3n) is 5.61. The summed E-state index contributed by atoms with van der Waals surface area (Å²) in [5.41, 5.74) is 4.63. The molecule has 0 unspecified atom stereocenters. The van der Waals surface area contributed by atoms with E-state index >= 15 is 0 Å². The largest absolute Gasteiger partial charge is 0.496 e. The van der Waals surface area contributed by atoms with Gasteiger partial charge in [0.05, 0.1) is 29.8 Å². The van der Waals surface area contributed by atoms with Crippen LogP contribution in [0.3, 0.4) is 0 Å². The molecule has 6 nitrogen and oxygen atoms in total. The quantitative estimate of drug-likeness (QED) is 0.428. The Bertz CT molecular complexity index is 1360. The molecule has 0 saturated heterocycles. The highest BCUT2D eigenvalue weighted by Gasteiger charge is 2.35. The van der Waals surface area contributed by atoms with Crippen LogP contribution in [0, 0.1) is 0 Å². The second-order valence-corrected chi connectivity index (χ2v) is 8.00. The van der Waals surface area contributed by atoms with Crippen LogP contribution in [0.5, 0.6) is 5.75 Å². The Hall–Kier alpha value is -3.77. The van der Waals surface area contributed by atoms with E-state index in [9.17, 15) is 4.79 Å². The predicted molar refractivity (Wildman–Crippen MR) is 127 cm³/mol. The van der Waals surface area contributed by atoms with E-state index in [-0.39, 0.29) is 5.91 Å². The van der Waals surface area contributed by atoms with Crippen molar-refractivity contribution in [3.63, 3.8) is 0 Å². The van der Waals surface area contributed by atoms with Gasteiger partial charge in [0, 0.05) is 22.0 Å². The predicted octanol–water partition coefficient (Wildman–Crippen LogP) is 5.63. The zero-order chi connectivity index (χ0) is 22.2. The highest BCUT2D eigenvalue weighted by Crippen LogP contribution is 2.42. The van der Waals surface area contributed by atoms with Gasteiger partial charge in [-0.1, -0.05) is 41.9 Å². The minimum atomic E-state index is -0.429. The Morgan fingerprint density at radius 2 is 1.78 bits per heavy atom. The number of ether oxygens (including phenoxy) is 1. The van der Waals surface area contributed by atoms with Crippen LogP contribution in [-0.4, -0.2) is 22.6 Å². The molecule has 0 fully saturated rings. The highest BCUT2D eigenvalue weighted by molar-refractivity contribution is 6.30. The summed E-state index contributed by atoms with van der Waals surface area (Å²) in [5.74, 6) is 1.17. The lowest BCUT2D eigenvalue weighted by atomic mass is 9.93. The zero-order valence-electron chi connectivity index (χ0n) is 17.6. The Kier molecular flexibility index (Phi) is 5.07. The zero-order valence-corrected chi connectivity index (χ0v) is 18.4. The normalized spacial score (nSPS) is 15.3. The molecule has 1 aliphatic heterocycles. The van der Waals surface area contributed by atoms with Crippen molar-refractivity contribution < 1.29 is 9.53 Å². The second kappa shape index (κ2) is 8.05. The van der Waals surface area contributed by atoms with Crippen molar-refractivity contribution in [2.75, 3.05) is 17.7 Å². The number of fused-ring (bicyclic) bond motifs is 3. The standard InChI is InChI=1S/C25H21ClN4O2/c1-15-22(24(31)28-17-13-11-16(26)12-14-17)23(18-7-3-6-10-21(18)32-2)30-20-9-5-4-8-19(20)29-25(30)27-15/h3-14,23H,1-2H3,(H,27,29)(H,28,31)/t23-/m1/s1. The Labute approximate surface area is 190 Å². The number of carbonyl (C=O) groups is 1. The van der Waals surface area contributed by atoms with E-state index in [4.69, 9.17) is 21.3 Å².